The van der Waals surface area contributed by atoms with Gasteiger partial charge in [0.1, 0.15) is 0 Å². The molecule has 1 N–H and O–H groups in total. The van der Waals surface area contributed by atoms with E-state index in [1.807, 2.05) is 23.1 Å². The number of hydrogen-bond acceptors (Lipinski definition) is 3. The van der Waals surface area contributed by atoms with Crippen LogP contribution in [0.1, 0.15) is 34.9 Å². The highest BCUT2D eigenvalue weighted by Gasteiger charge is 2.31. The quantitative estimate of drug-likeness (QED) is 0.883. The fraction of sp³-hybridized carbons (Fsp3) is 0.375. The number of aryl methyl sites for hydroxylation is 1. The topological polar surface area (TPSA) is 12.0 Å². The largest absolute Gasteiger partial charge is 0.310 e. The minimum atomic E-state index is 0.451. The van der Waals surface area contributed by atoms with Crippen molar-refractivity contribution in [1.82, 2.24) is 5.32 Å². The van der Waals surface area contributed by atoms with Crippen LogP contribution in [0, 0.1) is 6.92 Å². The zero-order valence-electron chi connectivity index (χ0n) is 11.3. The highest BCUT2D eigenvalue weighted by molar-refractivity contribution is 7.99. The Labute approximate surface area is 123 Å². The van der Waals surface area contributed by atoms with Gasteiger partial charge in [-0.2, -0.15) is 0 Å². The molecule has 19 heavy (non-hydrogen) atoms. The van der Waals surface area contributed by atoms with Crippen LogP contribution in [0.15, 0.2) is 40.6 Å². The van der Waals surface area contributed by atoms with Crippen molar-refractivity contribution >= 4 is 23.1 Å². The first kappa shape index (κ1) is 13.2. The minimum absolute atomic E-state index is 0.451. The molecule has 1 aromatic carbocycles. The lowest BCUT2D eigenvalue weighted by atomic mass is 9.89. The Bertz CT molecular complexity index is 561. The summed E-state index contributed by atoms with van der Waals surface area (Å²) in [4.78, 5) is 2.91. The number of rotatable bonds is 4. The average Bonchev–Trinajstić information content (AvgIpc) is 3.03. The van der Waals surface area contributed by atoms with Crippen molar-refractivity contribution in [3.05, 3.63) is 51.7 Å². The molecule has 0 saturated heterocycles. The van der Waals surface area contributed by atoms with Crippen LogP contribution >= 0.6 is 23.1 Å². The second kappa shape index (κ2) is 5.70. The maximum atomic E-state index is 3.70. The molecule has 0 fully saturated rings. The molecule has 100 valence electrons. The molecular formula is C16H19NS2. The summed E-state index contributed by atoms with van der Waals surface area (Å²) in [6, 6.07) is 11.6. The summed E-state index contributed by atoms with van der Waals surface area (Å²) in [5, 5.41) is 5.91. The average molecular weight is 289 g/mol. The molecular weight excluding hydrogens is 270 g/mol. The molecule has 3 rings (SSSR count). The summed E-state index contributed by atoms with van der Waals surface area (Å²) < 4.78 is 0. The highest BCUT2D eigenvalue weighted by Crippen LogP contribution is 2.46. The van der Waals surface area contributed by atoms with E-state index in [1.54, 1.807) is 0 Å². The van der Waals surface area contributed by atoms with Crippen molar-refractivity contribution in [1.29, 1.82) is 0 Å². The Morgan fingerprint density at radius 2 is 2.16 bits per heavy atom. The Balaban J connectivity index is 1.96. The van der Waals surface area contributed by atoms with Crippen LogP contribution < -0.4 is 5.32 Å². The summed E-state index contributed by atoms with van der Waals surface area (Å²) in [5.74, 6) is 1.78. The third-order valence-electron chi connectivity index (χ3n) is 3.80. The van der Waals surface area contributed by atoms with Crippen molar-refractivity contribution in [3.8, 4) is 0 Å². The van der Waals surface area contributed by atoms with Gasteiger partial charge in [0, 0.05) is 27.5 Å². The number of thioether (sulfide) groups is 1. The van der Waals surface area contributed by atoms with Gasteiger partial charge in [0.05, 0.1) is 0 Å². The normalized spacial score (nSPS) is 19.4. The maximum Gasteiger partial charge on any atom is 0.0408 e. The Kier molecular flexibility index (Phi) is 3.96. The fourth-order valence-electron chi connectivity index (χ4n) is 2.87. The molecule has 0 aliphatic carbocycles. The molecule has 1 nitrogen and oxygen atoms in total. The number of fused-ring (bicyclic) bond motifs is 1. The summed E-state index contributed by atoms with van der Waals surface area (Å²) >= 11 is 3.85. The van der Waals surface area contributed by atoms with Crippen LogP contribution in [0.4, 0.5) is 0 Å². The van der Waals surface area contributed by atoms with Gasteiger partial charge in [-0.05, 0) is 42.1 Å². The van der Waals surface area contributed by atoms with E-state index in [1.165, 1.54) is 26.7 Å². The number of likely N-dealkylation sites (N-methyl/N-ethyl adjacent to an activating group) is 1. The smallest absolute Gasteiger partial charge is 0.0408 e. The van der Waals surface area contributed by atoms with Gasteiger partial charge in [0.2, 0.25) is 0 Å². The Morgan fingerprint density at radius 1 is 1.32 bits per heavy atom. The predicted octanol–water partition coefficient (Wildman–Crippen LogP) is 4.60. The summed E-state index contributed by atoms with van der Waals surface area (Å²) in [6.45, 7) is 5.45. The van der Waals surface area contributed by atoms with E-state index in [9.17, 15) is 0 Å². The lowest BCUT2D eigenvalue weighted by Gasteiger charge is -2.25. The fourth-order valence-corrected chi connectivity index (χ4v) is 4.91. The van der Waals surface area contributed by atoms with Crippen molar-refractivity contribution in [2.24, 2.45) is 0 Å². The zero-order valence-corrected chi connectivity index (χ0v) is 13.0. The maximum absolute atomic E-state index is 3.70. The summed E-state index contributed by atoms with van der Waals surface area (Å²) in [6.07, 6.45) is 0. The van der Waals surface area contributed by atoms with Crippen LogP contribution in [0.3, 0.4) is 0 Å². The second-order valence-corrected chi connectivity index (χ2v) is 7.10. The molecule has 2 aromatic rings. The lowest BCUT2D eigenvalue weighted by molar-refractivity contribution is 0.485. The van der Waals surface area contributed by atoms with E-state index >= 15 is 0 Å². The number of benzene rings is 1. The molecule has 0 bridgehead atoms. The van der Waals surface area contributed by atoms with Gasteiger partial charge < -0.3 is 5.32 Å². The van der Waals surface area contributed by atoms with E-state index in [4.69, 9.17) is 0 Å². The van der Waals surface area contributed by atoms with Gasteiger partial charge in [-0.25, -0.2) is 0 Å². The summed E-state index contributed by atoms with van der Waals surface area (Å²) in [7, 11) is 0. The molecule has 0 amide bonds. The van der Waals surface area contributed by atoms with Crippen LogP contribution in [-0.4, -0.2) is 12.3 Å². The number of nitrogens with one attached hydrogen (secondary N) is 1. The van der Waals surface area contributed by atoms with Crippen molar-refractivity contribution in [3.63, 3.8) is 0 Å². The molecule has 1 aliphatic rings. The van der Waals surface area contributed by atoms with E-state index in [-0.39, 0.29) is 0 Å². The standard InChI is InChI=1S/C16H19NS2/c1-3-17-16(12-8-9-18-11(12)2)14-10-19-15-7-5-4-6-13(14)15/h4-9,14,16-17H,3,10H2,1-2H3. The number of thiophene rings is 1. The first-order valence-corrected chi connectivity index (χ1v) is 8.67. The van der Waals surface area contributed by atoms with E-state index < -0.39 is 0 Å². The molecule has 0 saturated carbocycles. The Morgan fingerprint density at radius 3 is 2.89 bits per heavy atom. The van der Waals surface area contributed by atoms with Gasteiger partial charge >= 0.3 is 0 Å². The molecule has 0 radical (unpaired) electrons. The zero-order chi connectivity index (χ0) is 13.2. The molecule has 2 heterocycles. The second-order valence-electron chi connectivity index (χ2n) is 4.92. The third-order valence-corrected chi connectivity index (χ3v) is 5.87. The van der Waals surface area contributed by atoms with Gasteiger partial charge in [0.25, 0.3) is 0 Å². The van der Waals surface area contributed by atoms with Crippen LogP contribution in [0.25, 0.3) is 0 Å². The highest BCUT2D eigenvalue weighted by atomic mass is 32.2. The minimum Gasteiger partial charge on any atom is -0.310 e. The SMILES string of the molecule is CCNC(c1ccsc1C)C1CSc2ccccc21. The van der Waals surface area contributed by atoms with Gasteiger partial charge in [-0.15, -0.1) is 23.1 Å². The van der Waals surface area contributed by atoms with Crippen molar-refractivity contribution in [2.45, 2.75) is 30.7 Å². The van der Waals surface area contributed by atoms with Crippen LogP contribution in [0.5, 0.6) is 0 Å². The molecule has 1 aromatic heterocycles. The van der Waals surface area contributed by atoms with Gasteiger partial charge in [-0.1, -0.05) is 25.1 Å². The van der Waals surface area contributed by atoms with E-state index in [0.717, 1.165) is 6.54 Å². The van der Waals surface area contributed by atoms with Crippen molar-refractivity contribution in [2.75, 3.05) is 12.3 Å². The summed E-state index contributed by atoms with van der Waals surface area (Å²) in [5.41, 5.74) is 3.00. The van der Waals surface area contributed by atoms with E-state index in [0.29, 0.717) is 12.0 Å². The van der Waals surface area contributed by atoms with Crippen molar-refractivity contribution < 1.29 is 0 Å². The van der Waals surface area contributed by atoms with Crippen LogP contribution in [0.2, 0.25) is 0 Å². The first-order valence-electron chi connectivity index (χ1n) is 6.80. The first-order chi connectivity index (χ1) is 9.31. The molecule has 1 aliphatic heterocycles. The predicted molar refractivity (Wildman–Crippen MR) is 85.4 cm³/mol. The van der Waals surface area contributed by atoms with Gasteiger partial charge in [-0.3, -0.25) is 0 Å². The molecule has 0 spiro atoms. The van der Waals surface area contributed by atoms with E-state index in [2.05, 4.69) is 54.9 Å². The Hall–Kier alpha value is -0.770. The monoisotopic (exact) mass is 289 g/mol. The molecule has 3 heteroatoms. The third kappa shape index (κ3) is 2.47. The van der Waals surface area contributed by atoms with Crippen LogP contribution in [-0.2, 0) is 0 Å². The molecule has 2 unspecified atom stereocenters. The lowest BCUT2D eigenvalue weighted by Crippen LogP contribution is -2.27. The van der Waals surface area contributed by atoms with Gasteiger partial charge in [0.15, 0.2) is 0 Å². The molecule has 2 atom stereocenters. The number of hydrogen-bond donors (Lipinski definition) is 1.